The Balaban J connectivity index is 1.25. The molecule has 0 aliphatic rings. The first-order valence-electron chi connectivity index (χ1n) is 18.9. The summed E-state index contributed by atoms with van der Waals surface area (Å²) in [6.45, 7) is 20.8. The van der Waals surface area contributed by atoms with Gasteiger partial charge in [-0.05, 0) is 139 Å². The topological polar surface area (TPSA) is 44.9 Å². The molecule has 0 atom stereocenters. The van der Waals surface area contributed by atoms with Crippen molar-refractivity contribution in [3.63, 3.8) is 0 Å². The van der Waals surface area contributed by atoms with Crippen molar-refractivity contribution in [3.05, 3.63) is 131 Å². The zero-order valence-corrected chi connectivity index (χ0v) is 32.3. The number of nitrogens with zero attached hydrogens (tertiary/aromatic N) is 4. The van der Waals surface area contributed by atoms with E-state index >= 15 is 0 Å². The summed E-state index contributed by atoms with van der Waals surface area (Å²) in [7, 11) is 0. The molecule has 0 saturated carbocycles. The Morgan fingerprint density at radius 2 is 1.29 bits per heavy atom. The van der Waals surface area contributed by atoms with Crippen molar-refractivity contribution in [1.82, 2.24) is 19.3 Å². The van der Waals surface area contributed by atoms with Gasteiger partial charge in [-0.3, -0.25) is 4.57 Å². The van der Waals surface area contributed by atoms with Gasteiger partial charge in [-0.25, -0.2) is 9.67 Å². The molecule has 0 aliphatic carbocycles. The fraction of sp³-hybridized carbons (Fsp3) is 0.319. The third-order valence-corrected chi connectivity index (χ3v) is 10.2. The van der Waals surface area contributed by atoms with E-state index in [0.717, 1.165) is 58.9 Å². The molecule has 7 rings (SSSR count). The smallest absolute Gasteiger partial charge is 0.137 e. The van der Waals surface area contributed by atoms with Gasteiger partial charge in [0.05, 0.1) is 22.9 Å². The van der Waals surface area contributed by atoms with Crippen molar-refractivity contribution in [2.45, 2.75) is 81.6 Å². The van der Waals surface area contributed by atoms with E-state index in [0.29, 0.717) is 17.8 Å². The summed E-state index contributed by atoms with van der Waals surface area (Å²) in [6.07, 6.45) is 9.40. The molecule has 0 radical (unpaired) electrons. The number of pyridine rings is 1. The second-order valence-corrected chi connectivity index (χ2v) is 15.9. The van der Waals surface area contributed by atoms with Crippen LogP contribution in [0.1, 0.15) is 74.9 Å². The van der Waals surface area contributed by atoms with E-state index in [1.54, 1.807) is 5.56 Å². The standard InChI is InChI=1S/C47H52N4O/c1-29(2)21-41-33(8)47(34(9)42(22-30(3)4)43(41)23-31(5)6)35-27-49-50(28-35)36-13-12-14-37(25-36)52-38-17-18-40-39-15-10-11-16-44(39)51(45(40)26-38)46-24-32(7)19-20-48-46/h10-20,24-31H,21-23H2,1-9H3. The van der Waals surface area contributed by atoms with E-state index in [9.17, 15) is 0 Å². The molecule has 5 heteroatoms. The van der Waals surface area contributed by atoms with Gasteiger partial charge >= 0.3 is 0 Å². The molecule has 266 valence electrons. The molecule has 52 heavy (non-hydrogen) atoms. The van der Waals surface area contributed by atoms with Crippen LogP contribution in [0.3, 0.4) is 0 Å². The zero-order chi connectivity index (χ0) is 36.7. The number of aromatic nitrogens is 4. The quantitative estimate of drug-likeness (QED) is 0.136. The van der Waals surface area contributed by atoms with Crippen molar-refractivity contribution >= 4 is 21.8 Å². The number of aryl methyl sites for hydroxylation is 1. The van der Waals surface area contributed by atoms with Crippen LogP contribution in [0.25, 0.3) is 44.4 Å². The molecule has 0 spiro atoms. The summed E-state index contributed by atoms with van der Waals surface area (Å²) < 4.78 is 10.8. The fourth-order valence-corrected chi connectivity index (χ4v) is 8.00. The van der Waals surface area contributed by atoms with Gasteiger partial charge in [0.25, 0.3) is 0 Å². The maximum atomic E-state index is 6.56. The van der Waals surface area contributed by atoms with E-state index < -0.39 is 0 Å². The molecule has 0 fully saturated rings. The maximum Gasteiger partial charge on any atom is 0.137 e. The highest BCUT2D eigenvalue weighted by Crippen LogP contribution is 2.39. The highest BCUT2D eigenvalue weighted by molar-refractivity contribution is 6.09. The first-order chi connectivity index (χ1) is 25.0. The second-order valence-electron chi connectivity index (χ2n) is 15.9. The van der Waals surface area contributed by atoms with Crippen molar-refractivity contribution in [3.8, 4) is 34.1 Å². The van der Waals surface area contributed by atoms with Crippen LogP contribution >= 0.6 is 0 Å². The van der Waals surface area contributed by atoms with Crippen LogP contribution in [0, 0.1) is 38.5 Å². The molecule has 3 heterocycles. The predicted molar refractivity (Wildman–Crippen MR) is 217 cm³/mol. The lowest BCUT2D eigenvalue weighted by atomic mass is 9.78. The van der Waals surface area contributed by atoms with Gasteiger partial charge in [-0.2, -0.15) is 5.10 Å². The summed E-state index contributed by atoms with van der Waals surface area (Å²) in [5.41, 5.74) is 14.3. The number of ether oxygens (including phenoxy) is 1. The first kappa shape index (κ1) is 35.3. The molecule has 0 aliphatic heterocycles. The van der Waals surface area contributed by atoms with Crippen LogP contribution in [0.5, 0.6) is 11.5 Å². The molecule has 7 aromatic rings. The number of hydrogen-bond donors (Lipinski definition) is 0. The number of rotatable bonds is 11. The third-order valence-electron chi connectivity index (χ3n) is 10.2. The molecule has 0 saturated heterocycles. The Hall–Kier alpha value is -5.16. The lowest BCUT2D eigenvalue weighted by Crippen LogP contribution is -2.14. The van der Waals surface area contributed by atoms with Crippen molar-refractivity contribution in [1.29, 1.82) is 0 Å². The van der Waals surface area contributed by atoms with Crippen molar-refractivity contribution < 1.29 is 4.74 Å². The number of hydrogen-bond acceptors (Lipinski definition) is 3. The van der Waals surface area contributed by atoms with Crippen LogP contribution in [0.2, 0.25) is 0 Å². The summed E-state index contributed by atoms with van der Waals surface area (Å²) in [4.78, 5) is 4.74. The average Bonchev–Trinajstić information content (AvgIpc) is 3.71. The summed E-state index contributed by atoms with van der Waals surface area (Å²) in [5, 5.41) is 7.27. The van der Waals surface area contributed by atoms with E-state index in [4.69, 9.17) is 14.8 Å². The molecule has 4 aromatic carbocycles. The number of para-hydroxylation sites is 1. The summed E-state index contributed by atoms with van der Waals surface area (Å²) in [5.74, 6) is 4.20. The van der Waals surface area contributed by atoms with E-state index in [-0.39, 0.29) is 0 Å². The minimum atomic E-state index is 0.584. The SMILES string of the molecule is Cc1ccnc(-n2c3ccccc3c3ccc(Oc4cccc(-n5cc(-c6c(C)c(CC(C)C)c(CC(C)C)c(CC(C)C)c6C)cn5)c4)cc32)c1. The summed E-state index contributed by atoms with van der Waals surface area (Å²) in [6, 6.07) is 27.2. The molecule has 0 amide bonds. The zero-order valence-electron chi connectivity index (χ0n) is 32.3. The van der Waals surface area contributed by atoms with Gasteiger partial charge in [0.1, 0.15) is 17.3 Å². The predicted octanol–water partition coefficient (Wildman–Crippen LogP) is 12.3. The monoisotopic (exact) mass is 688 g/mol. The van der Waals surface area contributed by atoms with Crippen LogP contribution < -0.4 is 4.74 Å². The Labute approximate surface area is 309 Å². The van der Waals surface area contributed by atoms with Gasteiger partial charge in [-0.1, -0.05) is 65.8 Å². The maximum absolute atomic E-state index is 6.56. The first-order valence-corrected chi connectivity index (χ1v) is 18.9. The van der Waals surface area contributed by atoms with Crippen molar-refractivity contribution in [2.75, 3.05) is 0 Å². The Bertz CT molecular complexity index is 2350. The normalized spacial score (nSPS) is 11.9. The second kappa shape index (κ2) is 14.5. The largest absolute Gasteiger partial charge is 0.457 e. The lowest BCUT2D eigenvalue weighted by Gasteiger charge is -2.26. The molecule has 0 N–H and O–H groups in total. The Morgan fingerprint density at radius 1 is 0.635 bits per heavy atom. The van der Waals surface area contributed by atoms with Gasteiger partial charge in [0.15, 0.2) is 0 Å². The number of fused-ring (bicyclic) bond motifs is 3. The lowest BCUT2D eigenvalue weighted by molar-refractivity contribution is 0.483. The van der Waals surface area contributed by atoms with Crippen LogP contribution in [0.15, 0.2) is 97.5 Å². The van der Waals surface area contributed by atoms with Gasteiger partial charge < -0.3 is 4.74 Å². The van der Waals surface area contributed by atoms with E-state index in [1.807, 2.05) is 35.3 Å². The van der Waals surface area contributed by atoms with Gasteiger partial charge in [0, 0.05) is 40.9 Å². The highest BCUT2D eigenvalue weighted by atomic mass is 16.5. The fourth-order valence-electron chi connectivity index (χ4n) is 8.00. The van der Waals surface area contributed by atoms with E-state index in [2.05, 4.69) is 134 Å². The van der Waals surface area contributed by atoms with Crippen LogP contribution in [0.4, 0.5) is 0 Å². The minimum Gasteiger partial charge on any atom is -0.457 e. The van der Waals surface area contributed by atoms with Gasteiger partial charge in [-0.15, -0.1) is 0 Å². The molecule has 3 aromatic heterocycles. The third kappa shape index (κ3) is 6.89. The molecule has 0 unspecified atom stereocenters. The van der Waals surface area contributed by atoms with E-state index in [1.165, 1.54) is 44.2 Å². The Kier molecular flexibility index (Phi) is 9.80. The van der Waals surface area contributed by atoms with Crippen LogP contribution in [-0.4, -0.2) is 19.3 Å². The molecular weight excluding hydrogens is 637 g/mol. The van der Waals surface area contributed by atoms with Crippen LogP contribution in [-0.2, 0) is 19.3 Å². The average molecular weight is 689 g/mol. The summed E-state index contributed by atoms with van der Waals surface area (Å²) >= 11 is 0. The van der Waals surface area contributed by atoms with Crippen molar-refractivity contribution in [2.24, 2.45) is 17.8 Å². The minimum absolute atomic E-state index is 0.584. The molecular formula is C47H52N4O. The molecule has 0 bridgehead atoms. The Morgan fingerprint density at radius 3 is 1.98 bits per heavy atom. The number of benzene rings is 4. The highest BCUT2D eigenvalue weighted by Gasteiger charge is 2.23. The van der Waals surface area contributed by atoms with Gasteiger partial charge in [0.2, 0.25) is 0 Å². The molecule has 5 nitrogen and oxygen atoms in total.